The van der Waals surface area contributed by atoms with Crippen LogP contribution in [-0.4, -0.2) is 44.7 Å². The van der Waals surface area contributed by atoms with Crippen LogP contribution in [0.25, 0.3) is 5.65 Å². The number of benzene rings is 1. The van der Waals surface area contributed by atoms with Crippen molar-refractivity contribution in [3.63, 3.8) is 0 Å². The van der Waals surface area contributed by atoms with Gasteiger partial charge in [-0.15, -0.1) is 0 Å². The smallest absolute Gasteiger partial charge is 0.272 e. The highest BCUT2D eigenvalue weighted by molar-refractivity contribution is 6.00. The van der Waals surface area contributed by atoms with Gasteiger partial charge in [-0.3, -0.25) is 14.0 Å². The number of amides is 1. The number of rotatable bonds is 1. The molecule has 6 heteroatoms. The Morgan fingerprint density at radius 1 is 1.19 bits per heavy atom. The minimum atomic E-state index is -0.629. The first-order chi connectivity index (χ1) is 13.1. The molecular weight excluding hydrogens is 342 g/mol. The molecule has 0 saturated carbocycles. The highest BCUT2D eigenvalue weighted by atomic mass is 16.5. The molecule has 2 aliphatic rings. The van der Waals surface area contributed by atoms with Gasteiger partial charge in [-0.1, -0.05) is 18.2 Å². The van der Waals surface area contributed by atoms with Crippen LogP contribution in [-0.2, 0) is 0 Å². The molecule has 0 bridgehead atoms. The molecule has 0 aliphatic carbocycles. The van der Waals surface area contributed by atoms with Gasteiger partial charge in [-0.25, -0.2) is 4.98 Å². The summed E-state index contributed by atoms with van der Waals surface area (Å²) in [5, 5.41) is 0. The fourth-order valence-electron chi connectivity index (χ4n) is 4.21. The summed E-state index contributed by atoms with van der Waals surface area (Å²) >= 11 is 0. The van der Waals surface area contributed by atoms with Crippen molar-refractivity contribution in [2.75, 3.05) is 13.1 Å². The maximum absolute atomic E-state index is 13.2. The molecule has 1 fully saturated rings. The van der Waals surface area contributed by atoms with Crippen LogP contribution < -0.4 is 4.74 Å². The lowest BCUT2D eigenvalue weighted by Crippen LogP contribution is -2.45. The summed E-state index contributed by atoms with van der Waals surface area (Å²) in [5.41, 5.74) is 2.04. The van der Waals surface area contributed by atoms with E-state index in [1.165, 1.54) is 0 Å². The van der Waals surface area contributed by atoms with Crippen molar-refractivity contribution in [3.05, 3.63) is 65.6 Å². The van der Waals surface area contributed by atoms with Crippen molar-refractivity contribution in [2.45, 2.75) is 25.4 Å². The first kappa shape index (κ1) is 16.1. The third kappa shape index (κ3) is 2.44. The molecule has 6 nitrogen and oxygen atoms in total. The second kappa shape index (κ2) is 5.67. The molecule has 3 aromatic rings. The minimum Gasteiger partial charge on any atom is -0.484 e. The van der Waals surface area contributed by atoms with E-state index in [0.29, 0.717) is 48.6 Å². The predicted octanol–water partition coefficient (Wildman–Crippen LogP) is 2.89. The van der Waals surface area contributed by atoms with Crippen molar-refractivity contribution in [2.24, 2.45) is 0 Å². The van der Waals surface area contributed by atoms with Gasteiger partial charge in [-0.2, -0.15) is 0 Å². The maximum atomic E-state index is 13.2. The highest BCUT2D eigenvalue weighted by Crippen LogP contribution is 2.39. The van der Waals surface area contributed by atoms with Crippen LogP contribution in [0.4, 0.5) is 0 Å². The summed E-state index contributed by atoms with van der Waals surface area (Å²) in [6.07, 6.45) is 2.81. The molecular formula is C21H19N3O3. The molecule has 1 atom stereocenters. The molecule has 0 N–H and O–H groups in total. The maximum Gasteiger partial charge on any atom is 0.272 e. The lowest BCUT2D eigenvalue weighted by molar-refractivity contribution is 0.0426. The number of aromatic nitrogens is 2. The Bertz CT molecular complexity index is 1090. The summed E-state index contributed by atoms with van der Waals surface area (Å²) in [6, 6.07) is 13.0. The number of hydrogen-bond acceptors (Lipinski definition) is 4. The van der Waals surface area contributed by atoms with Crippen LogP contribution in [0.2, 0.25) is 0 Å². The quantitative estimate of drug-likeness (QED) is 0.669. The predicted molar refractivity (Wildman–Crippen MR) is 99.2 cm³/mol. The molecule has 2 aliphatic heterocycles. The molecule has 2 aromatic heterocycles. The highest BCUT2D eigenvalue weighted by Gasteiger charge is 2.47. The van der Waals surface area contributed by atoms with Crippen LogP contribution in [0, 0.1) is 6.92 Å². The van der Waals surface area contributed by atoms with Gasteiger partial charge in [-0.05, 0) is 31.2 Å². The van der Waals surface area contributed by atoms with Crippen molar-refractivity contribution in [3.8, 4) is 5.75 Å². The van der Waals surface area contributed by atoms with Gasteiger partial charge in [0.25, 0.3) is 5.91 Å². The number of carbonyl (C=O) groups excluding carboxylic acids is 2. The molecule has 0 unspecified atom stereocenters. The zero-order valence-corrected chi connectivity index (χ0v) is 15.0. The number of fused-ring (bicyclic) bond motifs is 2. The summed E-state index contributed by atoms with van der Waals surface area (Å²) in [4.78, 5) is 32.1. The van der Waals surface area contributed by atoms with Gasteiger partial charge < -0.3 is 9.64 Å². The SMILES string of the molecule is Cc1nc2ccccn2c1C(=O)N1CC[C@@]2(CC(=O)c3ccccc3O2)C1. The van der Waals surface area contributed by atoms with E-state index in [-0.39, 0.29) is 11.7 Å². The summed E-state index contributed by atoms with van der Waals surface area (Å²) in [5.74, 6) is 0.629. The number of likely N-dealkylation sites (tertiary alicyclic amines) is 1. The van der Waals surface area contributed by atoms with Crippen molar-refractivity contribution in [1.82, 2.24) is 14.3 Å². The van der Waals surface area contributed by atoms with E-state index in [9.17, 15) is 9.59 Å². The van der Waals surface area contributed by atoms with E-state index in [4.69, 9.17) is 4.74 Å². The van der Waals surface area contributed by atoms with Crippen LogP contribution in [0.5, 0.6) is 5.75 Å². The van der Waals surface area contributed by atoms with E-state index < -0.39 is 5.60 Å². The molecule has 4 heterocycles. The average molecular weight is 361 g/mol. The lowest BCUT2D eigenvalue weighted by Gasteiger charge is -2.34. The largest absolute Gasteiger partial charge is 0.484 e. The lowest BCUT2D eigenvalue weighted by atomic mass is 9.89. The third-order valence-corrected chi connectivity index (χ3v) is 5.51. The van der Waals surface area contributed by atoms with E-state index in [1.807, 2.05) is 53.9 Å². The molecule has 0 radical (unpaired) electrons. The number of imidazole rings is 1. The molecule has 1 amide bonds. The van der Waals surface area contributed by atoms with E-state index in [1.54, 1.807) is 11.0 Å². The Kier molecular flexibility index (Phi) is 3.37. The van der Waals surface area contributed by atoms with Crippen molar-refractivity contribution < 1.29 is 14.3 Å². The van der Waals surface area contributed by atoms with Crippen molar-refractivity contribution >= 4 is 17.3 Å². The number of ketones is 1. The summed E-state index contributed by atoms with van der Waals surface area (Å²) in [6.45, 7) is 2.82. The normalized spacial score (nSPS) is 21.5. The first-order valence-electron chi connectivity index (χ1n) is 9.11. The molecule has 5 rings (SSSR count). The minimum absolute atomic E-state index is 0.0713. The van der Waals surface area contributed by atoms with E-state index >= 15 is 0 Å². The topological polar surface area (TPSA) is 63.9 Å². The van der Waals surface area contributed by atoms with Crippen LogP contribution in [0.1, 0.15) is 39.4 Å². The number of aryl methyl sites for hydroxylation is 1. The number of hydrogen-bond donors (Lipinski definition) is 0. The van der Waals surface area contributed by atoms with E-state index in [2.05, 4.69) is 4.98 Å². The summed E-state index contributed by atoms with van der Waals surface area (Å²) in [7, 11) is 0. The van der Waals surface area contributed by atoms with Crippen LogP contribution in [0.15, 0.2) is 48.7 Å². The Morgan fingerprint density at radius 3 is 2.89 bits per heavy atom. The van der Waals surface area contributed by atoms with E-state index in [0.717, 1.165) is 5.65 Å². The van der Waals surface area contributed by atoms with Gasteiger partial charge >= 0.3 is 0 Å². The fourth-order valence-corrected chi connectivity index (χ4v) is 4.21. The fraction of sp³-hybridized carbons (Fsp3) is 0.286. The number of Topliss-reactive ketones (excluding diaryl/α,β-unsaturated/α-hetero) is 1. The number of nitrogens with zero attached hydrogens (tertiary/aromatic N) is 3. The number of carbonyl (C=O) groups is 2. The zero-order chi connectivity index (χ0) is 18.6. The zero-order valence-electron chi connectivity index (χ0n) is 15.0. The number of para-hydroxylation sites is 1. The van der Waals surface area contributed by atoms with Crippen LogP contribution >= 0.6 is 0 Å². The van der Waals surface area contributed by atoms with Gasteiger partial charge in [0.2, 0.25) is 0 Å². The second-order valence-corrected chi connectivity index (χ2v) is 7.33. The molecule has 1 spiro atoms. The third-order valence-electron chi connectivity index (χ3n) is 5.51. The molecule has 27 heavy (non-hydrogen) atoms. The average Bonchev–Trinajstić information content (AvgIpc) is 3.21. The van der Waals surface area contributed by atoms with Gasteiger partial charge in [0, 0.05) is 19.2 Å². The molecule has 1 aromatic carbocycles. The molecule has 1 saturated heterocycles. The standard InChI is InChI=1S/C21H19N3O3/c1-14-19(24-10-5-4-8-18(24)22-14)20(26)23-11-9-21(13-23)12-16(25)15-6-2-3-7-17(15)27-21/h2-8,10H,9,11-13H2,1H3/t21-/m1/s1. The Balaban J connectivity index is 1.45. The van der Waals surface area contributed by atoms with Crippen LogP contribution in [0.3, 0.4) is 0 Å². The Labute approximate surface area is 156 Å². The van der Waals surface area contributed by atoms with Gasteiger partial charge in [0.05, 0.1) is 24.2 Å². The monoisotopic (exact) mass is 361 g/mol. The van der Waals surface area contributed by atoms with Crippen molar-refractivity contribution in [1.29, 1.82) is 0 Å². The Hall–Kier alpha value is -3.15. The first-order valence-corrected chi connectivity index (χ1v) is 9.11. The number of ether oxygens (including phenoxy) is 1. The Morgan fingerprint density at radius 2 is 2.00 bits per heavy atom. The number of pyridine rings is 1. The van der Waals surface area contributed by atoms with Gasteiger partial charge in [0.15, 0.2) is 5.78 Å². The van der Waals surface area contributed by atoms with Gasteiger partial charge in [0.1, 0.15) is 22.7 Å². The second-order valence-electron chi connectivity index (χ2n) is 7.33. The summed E-state index contributed by atoms with van der Waals surface area (Å²) < 4.78 is 8.05. The molecule has 136 valence electrons.